The van der Waals surface area contributed by atoms with Crippen LogP contribution in [0, 0.1) is 11.8 Å². The number of amides is 3. The van der Waals surface area contributed by atoms with Gasteiger partial charge in [-0.1, -0.05) is 55.8 Å². The lowest BCUT2D eigenvalue weighted by molar-refractivity contribution is -0.146. The number of para-hydroxylation sites is 1. The monoisotopic (exact) mass is 556 g/mol. The van der Waals surface area contributed by atoms with Crippen LogP contribution in [0.25, 0.3) is 0 Å². The van der Waals surface area contributed by atoms with Crippen molar-refractivity contribution in [2.75, 3.05) is 5.32 Å². The van der Waals surface area contributed by atoms with Gasteiger partial charge in [-0.2, -0.15) is 26.3 Å². The first-order valence-corrected chi connectivity index (χ1v) is 12.0. The molecule has 3 amide bonds. The molecule has 1 heterocycles. The van der Waals surface area contributed by atoms with E-state index < -0.39 is 72.2 Å². The highest BCUT2D eigenvalue weighted by Crippen LogP contribution is 2.38. The Hall–Kier alpha value is -3.90. The molecule has 0 unspecified atom stereocenters. The van der Waals surface area contributed by atoms with Crippen LogP contribution in [0.5, 0.6) is 0 Å². The number of alkyl halides is 6. The van der Waals surface area contributed by atoms with E-state index in [0.717, 1.165) is 12.1 Å². The van der Waals surface area contributed by atoms with Gasteiger partial charge in [0.2, 0.25) is 18.0 Å². The molecule has 1 aliphatic rings. The lowest BCUT2D eigenvalue weighted by Crippen LogP contribution is -2.48. The summed E-state index contributed by atoms with van der Waals surface area (Å²) in [5.41, 5.74) is 3.91. The predicted octanol–water partition coefficient (Wildman–Crippen LogP) is 4.80. The molecule has 2 aromatic carbocycles. The van der Waals surface area contributed by atoms with Gasteiger partial charge in [0.25, 0.3) is 5.91 Å². The predicted molar refractivity (Wildman–Crippen MR) is 130 cm³/mol. The molecule has 7 nitrogen and oxygen atoms in total. The number of rotatable bonds is 9. The standard InChI is InChI=1S/C26H26F6N4O3/c1-2-7-16(15(21(33)37)12-13-25(27,28)29)23(38)36-22-24(39)35-20-17(10-6-11-18(20)26(30,31)32)19(34-22)14-8-4-3-5-9-14/h3-6,8-11,15-16,22H,2,7,12-13H2,1H3,(H2,33,37)(H,35,39)(H,36,38)/t15-,16+,22-/m1/s1. The van der Waals surface area contributed by atoms with E-state index in [1.54, 1.807) is 37.3 Å². The van der Waals surface area contributed by atoms with Gasteiger partial charge in [-0.15, -0.1) is 0 Å². The normalized spacial score (nSPS) is 17.3. The largest absolute Gasteiger partial charge is 0.418 e. The summed E-state index contributed by atoms with van der Waals surface area (Å²) in [6, 6.07) is 11.3. The fourth-order valence-electron chi connectivity index (χ4n) is 4.42. The van der Waals surface area contributed by atoms with Gasteiger partial charge in [0.1, 0.15) is 0 Å². The van der Waals surface area contributed by atoms with Crippen LogP contribution in [0.1, 0.15) is 49.3 Å². The summed E-state index contributed by atoms with van der Waals surface area (Å²) >= 11 is 0. The fourth-order valence-corrected chi connectivity index (χ4v) is 4.42. The quantitative estimate of drug-likeness (QED) is 0.386. The lowest BCUT2D eigenvalue weighted by Gasteiger charge is -2.25. The summed E-state index contributed by atoms with van der Waals surface area (Å²) in [5.74, 6) is -6.01. The van der Waals surface area contributed by atoms with E-state index in [9.17, 15) is 40.7 Å². The van der Waals surface area contributed by atoms with Crippen molar-refractivity contribution in [1.82, 2.24) is 5.32 Å². The van der Waals surface area contributed by atoms with Crippen LogP contribution in [0.2, 0.25) is 0 Å². The minimum Gasteiger partial charge on any atom is -0.369 e. The molecule has 39 heavy (non-hydrogen) atoms. The average Bonchev–Trinajstić information content (AvgIpc) is 2.98. The number of carbonyl (C=O) groups excluding carboxylic acids is 3. The zero-order valence-electron chi connectivity index (χ0n) is 20.7. The Bertz CT molecular complexity index is 1240. The first-order valence-electron chi connectivity index (χ1n) is 12.0. The second-order valence-electron chi connectivity index (χ2n) is 9.03. The van der Waals surface area contributed by atoms with Crippen molar-refractivity contribution in [3.8, 4) is 0 Å². The van der Waals surface area contributed by atoms with Crippen LogP contribution in [0.15, 0.2) is 53.5 Å². The first-order chi connectivity index (χ1) is 18.2. The summed E-state index contributed by atoms with van der Waals surface area (Å²) in [6.07, 6.45) is -13.0. The molecular formula is C26H26F6N4O3. The third-order valence-electron chi connectivity index (χ3n) is 6.23. The van der Waals surface area contributed by atoms with Crippen molar-refractivity contribution in [3.05, 3.63) is 65.2 Å². The summed E-state index contributed by atoms with van der Waals surface area (Å²) < 4.78 is 79.9. The Morgan fingerprint density at radius 1 is 1.00 bits per heavy atom. The van der Waals surface area contributed by atoms with Gasteiger partial charge in [-0.05, 0) is 18.9 Å². The Kier molecular flexibility index (Phi) is 9.03. The van der Waals surface area contributed by atoms with Crippen LogP contribution < -0.4 is 16.4 Å². The van der Waals surface area contributed by atoms with Gasteiger partial charge in [0.05, 0.1) is 17.0 Å². The number of nitrogens with zero attached hydrogens (tertiary/aromatic N) is 1. The van der Waals surface area contributed by atoms with Crippen molar-refractivity contribution in [2.24, 2.45) is 22.6 Å². The topological polar surface area (TPSA) is 114 Å². The summed E-state index contributed by atoms with van der Waals surface area (Å²) in [5, 5.41) is 4.50. The average molecular weight is 557 g/mol. The van der Waals surface area contributed by atoms with Crippen molar-refractivity contribution in [2.45, 2.75) is 51.1 Å². The number of benzene rings is 2. The Labute approximate surface area is 219 Å². The third-order valence-corrected chi connectivity index (χ3v) is 6.23. The van der Waals surface area contributed by atoms with Gasteiger partial charge in [0, 0.05) is 29.4 Å². The van der Waals surface area contributed by atoms with Crippen molar-refractivity contribution < 1.29 is 40.7 Å². The van der Waals surface area contributed by atoms with Gasteiger partial charge in [-0.25, -0.2) is 4.99 Å². The maximum Gasteiger partial charge on any atom is 0.418 e. The van der Waals surface area contributed by atoms with Gasteiger partial charge < -0.3 is 16.4 Å². The number of nitrogens with two attached hydrogens (primary N) is 1. The summed E-state index contributed by atoms with van der Waals surface area (Å²) in [6.45, 7) is 1.64. The number of hydrogen-bond acceptors (Lipinski definition) is 4. The number of aliphatic imine (C=N–C) groups is 1. The molecule has 210 valence electrons. The van der Waals surface area contributed by atoms with Crippen LogP contribution in [0.3, 0.4) is 0 Å². The first kappa shape index (κ1) is 29.7. The number of carbonyl (C=O) groups is 3. The molecule has 0 saturated heterocycles. The molecule has 0 bridgehead atoms. The molecule has 0 fully saturated rings. The minimum absolute atomic E-state index is 0.0284. The number of benzodiazepines with no additional fused rings is 1. The number of anilines is 1. The zero-order chi connectivity index (χ0) is 29.0. The van der Waals surface area contributed by atoms with E-state index in [2.05, 4.69) is 15.6 Å². The molecule has 4 N–H and O–H groups in total. The summed E-state index contributed by atoms with van der Waals surface area (Å²) in [4.78, 5) is 42.6. The van der Waals surface area contributed by atoms with Crippen LogP contribution in [-0.2, 0) is 20.6 Å². The van der Waals surface area contributed by atoms with Crippen molar-refractivity contribution >= 4 is 29.1 Å². The number of primary amides is 1. The van der Waals surface area contributed by atoms with Crippen LogP contribution in [0.4, 0.5) is 32.0 Å². The molecule has 0 aromatic heterocycles. The van der Waals surface area contributed by atoms with Crippen molar-refractivity contribution in [1.29, 1.82) is 0 Å². The van der Waals surface area contributed by atoms with Gasteiger partial charge >= 0.3 is 12.4 Å². The second kappa shape index (κ2) is 11.9. The maximum absolute atomic E-state index is 13.8. The smallest absolute Gasteiger partial charge is 0.369 e. The van der Waals surface area contributed by atoms with E-state index in [4.69, 9.17) is 5.73 Å². The van der Waals surface area contributed by atoms with E-state index in [0.29, 0.717) is 12.0 Å². The number of halogens is 6. The summed E-state index contributed by atoms with van der Waals surface area (Å²) in [7, 11) is 0. The number of hydrogen-bond donors (Lipinski definition) is 3. The second-order valence-corrected chi connectivity index (χ2v) is 9.03. The van der Waals surface area contributed by atoms with Crippen LogP contribution >= 0.6 is 0 Å². The Morgan fingerprint density at radius 3 is 2.23 bits per heavy atom. The van der Waals surface area contributed by atoms with E-state index >= 15 is 0 Å². The SMILES string of the molecule is CCC[C@H](C(=O)N[C@H]1N=C(c2ccccc2)c2cccc(C(F)(F)F)c2NC1=O)[C@@H](CCC(F)(F)F)C(N)=O. The molecule has 0 saturated carbocycles. The molecule has 0 radical (unpaired) electrons. The maximum atomic E-state index is 13.8. The Morgan fingerprint density at radius 2 is 1.67 bits per heavy atom. The molecule has 0 spiro atoms. The fraction of sp³-hybridized carbons (Fsp3) is 0.385. The molecule has 3 rings (SSSR count). The van der Waals surface area contributed by atoms with Gasteiger partial charge in [0.15, 0.2) is 0 Å². The minimum atomic E-state index is -4.83. The van der Waals surface area contributed by atoms with E-state index in [1.807, 2.05) is 0 Å². The van der Waals surface area contributed by atoms with Crippen LogP contribution in [-0.4, -0.2) is 35.8 Å². The molecule has 1 aliphatic heterocycles. The number of nitrogens with one attached hydrogen (secondary N) is 2. The van der Waals surface area contributed by atoms with E-state index in [1.165, 1.54) is 6.07 Å². The lowest BCUT2D eigenvalue weighted by atomic mass is 9.83. The molecule has 13 heteroatoms. The van der Waals surface area contributed by atoms with Gasteiger partial charge in [-0.3, -0.25) is 14.4 Å². The molecule has 0 aliphatic carbocycles. The van der Waals surface area contributed by atoms with E-state index in [-0.39, 0.29) is 17.7 Å². The molecule has 2 aromatic rings. The highest BCUT2D eigenvalue weighted by Gasteiger charge is 2.40. The third kappa shape index (κ3) is 7.36. The van der Waals surface area contributed by atoms with Crippen molar-refractivity contribution in [3.63, 3.8) is 0 Å². The highest BCUT2D eigenvalue weighted by atomic mass is 19.4. The number of fused-ring (bicyclic) bond motifs is 1. The molecule has 3 atom stereocenters. The Balaban J connectivity index is 2.03. The molecular weight excluding hydrogens is 530 g/mol. The highest BCUT2D eigenvalue weighted by molar-refractivity contribution is 6.20. The zero-order valence-corrected chi connectivity index (χ0v) is 20.7.